The van der Waals surface area contributed by atoms with E-state index in [1.807, 2.05) is 6.07 Å². The highest BCUT2D eigenvalue weighted by molar-refractivity contribution is 7.92. The molecule has 1 N–H and O–H groups in total. The molecule has 1 atom stereocenters. The van der Waals surface area contributed by atoms with Crippen LogP contribution in [0.5, 0.6) is 11.5 Å². The normalized spacial score (nSPS) is 11.8. The Kier molecular flexibility index (Phi) is 7.07. The smallest absolute Gasteiger partial charge is 0.247 e. The Morgan fingerprint density at radius 1 is 1.14 bits per heavy atom. The number of amides is 1. The molecule has 9 heteroatoms. The molecule has 2 aromatic carbocycles. The summed E-state index contributed by atoms with van der Waals surface area (Å²) in [5.74, 6) is 0.289. The van der Waals surface area contributed by atoms with Gasteiger partial charge in [0.2, 0.25) is 15.9 Å². The molecular formula is C20H23N3O5S. The molecule has 0 bridgehead atoms. The van der Waals surface area contributed by atoms with Crippen LogP contribution in [-0.4, -0.2) is 40.8 Å². The van der Waals surface area contributed by atoms with Gasteiger partial charge in [-0.15, -0.1) is 0 Å². The minimum atomic E-state index is -3.77. The average Bonchev–Trinajstić information content (AvgIpc) is 2.68. The summed E-state index contributed by atoms with van der Waals surface area (Å²) in [6.45, 7) is 1.50. The first kappa shape index (κ1) is 22.0. The molecule has 2 rings (SSSR count). The fourth-order valence-electron chi connectivity index (χ4n) is 2.81. The fourth-order valence-corrected chi connectivity index (χ4v) is 3.98. The molecule has 154 valence electrons. The van der Waals surface area contributed by atoms with Crippen molar-refractivity contribution in [3.8, 4) is 17.6 Å². The molecular weight excluding hydrogens is 394 g/mol. The zero-order valence-electron chi connectivity index (χ0n) is 16.7. The monoisotopic (exact) mass is 417 g/mol. The van der Waals surface area contributed by atoms with Crippen LogP contribution in [0, 0.1) is 11.3 Å². The lowest BCUT2D eigenvalue weighted by Gasteiger charge is -2.28. The molecule has 0 fully saturated rings. The first-order valence-electron chi connectivity index (χ1n) is 8.69. The molecule has 2 aromatic rings. The SMILES string of the molecule is COc1ccc(N(C(C)C(=O)Nc2ccc(CC#N)cc2)S(C)(=O)=O)cc1OC. The second-order valence-electron chi connectivity index (χ2n) is 6.30. The maximum absolute atomic E-state index is 12.7. The Morgan fingerprint density at radius 3 is 2.28 bits per heavy atom. The molecule has 0 aliphatic rings. The van der Waals surface area contributed by atoms with Gasteiger partial charge in [0, 0.05) is 11.8 Å². The predicted octanol–water partition coefficient (Wildman–Crippen LogP) is 2.56. The van der Waals surface area contributed by atoms with Gasteiger partial charge in [-0.25, -0.2) is 8.42 Å². The van der Waals surface area contributed by atoms with E-state index in [9.17, 15) is 13.2 Å². The van der Waals surface area contributed by atoms with Crippen molar-refractivity contribution in [3.63, 3.8) is 0 Å². The topological polar surface area (TPSA) is 109 Å². The fraction of sp³-hybridized carbons (Fsp3) is 0.300. The third-order valence-electron chi connectivity index (χ3n) is 4.21. The lowest BCUT2D eigenvalue weighted by molar-refractivity contribution is -0.116. The van der Waals surface area contributed by atoms with Crippen LogP contribution < -0.4 is 19.1 Å². The van der Waals surface area contributed by atoms with E-state index in [4.69, 9.17) is 14.7 Å². The number of nitrogens with zero attached hydrogens (tertiary/aromatic N) is 2. The summed E-state index contributed by atoms with van der Waals surface area (Å²) in [5, 5.41) is 11.4. The number of ether oxygens (including phenoxy) is 2. The van der Waals surface area contributed by atoms with E-state index in [-0.39, 0.29) is 12.1 Å². The van der Waals surface area contributed by atoms with Crippen LogP contribution in [0.25, 0.3) is 0 Å². The van der Waals surface area contributed by atoms with Gasteiger partial charge in [-0.2, -0.15) is 5.26 Å². The van der Waals surface area contributed by atoms with Crippen molar-refractivity contribution < 1.29 is 22.7 Å². The Morgan fingerprint density at radius 2 is 1.76 bits per heavy atom. The molecule has 0 spiro atoms. The van der Waals surface area contributed by atoms with Gasteiger partial charge in [0.25, 0.3) is 0 Å². The second kappa shape index (κ2) is 9.30. The van der Waals surface area contributed by atoms with E-state index >= 15 is 0 Å². The molecule has 0 saturated carbocycles. The van der Waals surface area contributed by atoms with E-state index in [2.05, 4.69) is 5.32 Å². The van der Waals surface area contributed by atoms with Crippen molar-refractivity contribution in [1.29, 1.82) is 5.26 Å². The standard InChI is InChI=1S/C20H23N3O5S/c1-14(20(24)22-16-7-5-15(6-8-16)11-12-21)23(29(4,25)26)17-9-10-18(27-2)19(13-17)28-3/h5-10,13-14H,11H2,1-4H3,(H,22,24). The van der Waals surface area contributed by atoms with Gasteiger partial charge in [0.05, 0.1) is 38.7 Å². The number of nitrogens with one attached hydrogen (secondary N) is 1. The molecule has 0 aliphatic heterocycles. The minimum absolute atomic E-state index is 0.270. The largest absolute Gasteiger partial charge is 0.493 e. The van der Waals surface area contributed by atoms with Crippen molar-refractivity contribution in [2.75, 3.05) is 30.1 Å². The van der Waals surface area contributed by atoms with Gasteiger partial charge >= 0.3 is 0 Å². The maximum Gasteiger partial charge on any atom is 0.247 e. The van der Waals surface area contributed by atoms with Crippen molar-refractivity contribution in [1.82, 2.24) is 0 Å². The van der Waals surface area contributed by atoms with E-state index in [0.29, 0.717) is 17.2 Å². The summed E-state index contributed by atoms with van der Waals surface area (Å²) in [4.78, 5) is 12.7. The van der Waals surface area contributed by atoms with Crippen LogP contribution >= 0.6 is 0 Å². The third-order valence-corrected chi connectivity index (χ3v) is 5.46. The molecule has 1 amide bonds. The predicted molar refractivity (Wildman–Crippen MR) is 111 cm³/mol. The minimum Gasteiger partial charge on any atom is -0.493 e. The summed E-state index contributed by atoms with van der Waals surface area (Å²) < 4.78 is 36.3. The highest BCUT2D eigenvalue weighted by atomic mass is 32.2. The van der Waals surface area contributed by atoms with Crippen LogP contribution in [0.1, 0.15) is 12.5 Å². The van der Waals surface area contributed by atoms with Crippen LogP contribution in [0.2, 0.25) is 0 Å². The number of anilines is 2. The molecule has 0 aromatic heterocycles. The number of rotatable bonds is 8. The van der Waals surface area contributed by atoms with Gasteiger partial charge in [0.15, 0.2) is 11.5 Å². The zero-order chi connectivity index (χ0) is 21.6. The lowest BCUT2D eigenvalue weighted by Crippen LogP contribution is -2.45. The molecule has 1 unspecified atom stereocenters. The van der Waals surface area contributed by atoms with Gasteiger partial charge in [0.1, 0.15) is 6.04 Å². The van der Waals surface area contributed by atoms with E-state index in [1.165, 1.54) is 27.2 Å². The number of methoxy groups -OCH3 is 2. The number of nitriles is 1. The number of benzene rings is 2. The van der Waals surface area contributed by atoms with Crippen LogP contribution in [0.4, 0.5) is 11.4 Å². The average molecular weight is 417 g/mol. The first-order chi connectivity index (χ1) is 13.7. The molecule has 0 aliphatic carbocycles. The molecule has 8 nitrogen and oxygen atoms in total. The second-order valence-corrected chi connectivity index (χ2v) is 8.15. The van der Waals surface area contributed by atoms with Gasteiger partial charge in [-0.05, 0) is 36.8 Å². The van der Waals surface area contributed by atoms with Crippen molar-refractivity contribution >= 4 is 27.3 Å². The summed E-state index contributed by atoms with van der Waals surface area (Å²) in [5.41, 5.74) is 1.60. The number of hydrogen-bond acceptors (Lipinski definition) is 6. The quantitative estimate of drug-likeness (QED) is 0.707. The summed E-state index contributed by atoms with van der Waals surface area (Å²) >= 11 is 0. The van der Waals surface area contributed by atoms with Crippen LogP contribution in [0.3, 0.4) is 0 Å². The molecule has 0 radical (unpaired) electrons. The van der Waals surface area contributed by atoms with E-state index in [0.717, 1.165) is 16.1 Å². The van der Waals surface area contributed by atoms with Crippen LogP contribution in [-0.2, 0) is 21.2 Å². The number of carbonyl (C=O) groups excluding carboxylic acids is 1. The Labute approximate surface area is 170 Å². The van der Waals surface area contributed by atoms with Crippen LogP contribution in [0.15, 0.2) is 42.5 Å². The summed E-state index contributed by atoms with van der Waals surface area (Å²) in [7, 11) is -0.854. The van der Waals surface area contributed by atoms with Gasteiger partial charge < -0.3 is 14.8 Å². The van der Waals surface area contributed by atoms with E-state index in [1.54, 1.807) is 36.4 Å². The zero-order valence-corrected chi connectivity index (χ0v) is 17.5. The number of sulfonamides is 1. The molecule has 0 heterocycles. The van der Waals surface area contributed by atoms with Crippen molar-refractivity contribution in [3.05, 3.63) is 48.0 Å². The molecule has 0 saturated heterocycles. The Bertz CT molecular complexity index is 1010. The van der Waals surface area contributed by atoms with E-state index < -0.39 is 22.0 Å². The molecule has 29 heavy (non-hydrogen) atoms. The highest BCUT2D eigenvalue weighted by Gasteiger charge is 2.30. The highest BCUT2D eigenvalue weighted by Crippen LogP contribution is 2.33. The van der Waals surface area contributed by atoms with Crippen molar-refractivity contribution in [2.45, 2.75) is 19.4 Å². The van der Waals surface area contributed by atoms with Gasteiger partial charge in [-0.3, -0.25) is 9.10 Å². The maximum atomic E-state index is 12.7. The third kappa shape index (κ3) is 5.39. The Hall–Kier alpha value is -3.25. The first-order valence-corrected chi connectivity index (χ1v) is 10.5. The summed E-state index contributed by atoms with van der Waals surface area (Å²) in [6, 6.07) is 12.4. The van der Waals surface area contributed by atoms with Crippen molar-refractivity contribution in [2.24, 2.45) is 0 Å². The summed E-state index contributed by atoms with van der Waals surface area (Å²) in [6.07, 6.45) is 1.30. The Balaban J connectivity index is 2.30. The lowest BCUT2D eigenvalue weighted by atomic mass is 10.1. The van der Waals surface area contributed by atoms with Gasteiger partial charge in [-0.1, -0.05) is 12.1 Å². The number of carbonyl (C=O) groups is 1. The number of hydrogen-bond donors (Lipinski definition) is 1.